The fraction of sp³-hybridized carbons (Fsp3) is 0.350. The molecular weight excluding hydrogens is 346 g/mol. The zero-order valence-corrected chi connectivity index (χ0v) is 15.5. The second kappa shape index (κ2) is 7.03. The molecule has 0 aliphatic carbocycles. The van der Waals surface area contributed by atoms with Crippen molar-refractivity contribution in [3.63, 3.8) is 0 Å². The molecule has 0 N–H and O–H groups in total. The van der Waals surface area contributed by atoms with Crippen LogP contribution in [0.15, 0.2) is 47.5 Å². The molecule has 0 unspecified atom stereocenters. The smallest absolute Gasteiger partial charge is 0.262 e. The number of likely N-dealkylation sites (tertiary alicyclic amines) is 1. The molecule has 1 fully saturated rings. The van der Waals surface area contributed by atoms with Gasteiger partial charge in [-0.25, -0.2) is 4.98 Å². The number of carbonyl (C=O) groups is 1. The molecule has 0 saturated carbocycles. The summed E-state index contributed by atoms with van der Waals surface area (Å²) in [4.78, 5) is 33.6. The Kier molecular flexibility index (Phi) is 4.59. The largest absolute Gasteiger partial charge is 0.336 e. The number of aryl methyl sites for hydroxylation is 1. The van der Waals surface area contributed by atoms with E-state index in [4.69, 9.17) is 0 Å². The van der Waals surface area contributed by atoms with Crippen LogP contribution in [0.4, 0.5) is 0 Å². The molecule has 2 aromatic heterocycles. The topological polar surface area (TPSA) is 55.2 Å². The molecule has 1 aliphatic heterocycles. The van der Waals surface area contributed by atoms with Crippen LogP contribution in [0.1, 0.15) is 36.2 Å². The summed E-state index contributed by atoms with van der Waals surface area (Å²) in [6, 6.07) is 11.8. The molecule has 5 nitrogen and oxygen atoms in total. The zero-order chi connectivity index (χ0) is 18.1. The van der Waals surface area contributed by atoms with Gasteiger partial charge in [-0.05, 0) is 18.1 Å². The average Bonchev–Trinajstić information content (AvgIpc) is 3.21. The van der Waals surface area contributed by atoms with Gasteiger partial charge in [0, 0.05) is 24.4 Å². The number of benzene rings is 1. The normalized spacial score (nSPS) is 17.3. The third-order valence-corrected chi connectivity index (χ3v) is 5.93. The van der Waals surface area contributed by atoms with E-state index in [1.165, 1.54) is 4.88 Å². The number of hydrogen-bond donors (Lipinski definition) is 0. The first kappa shape index (κ1) is 17.0. The van der Waals surface area contributed by atoms with Crippen LogP contribution in [0.2, 0.25) is 0 Å². The van der Waals surface area contributed by atoms with Gasteiger partial charge in [-0.3, -0.25) is 14.2 Å². The molecule has 26 heavy (non-hydrogen) atoms. The zero-order valence-electron chi connectivity index (χ0n) is 14.7. The Morgan fingerprint density at radius 3 is 2.81 bits per heavy atom. The van der Waals surface area contributed by atoms with Crippen molar-refractivity contribution in [2.45, 2.75) is 38.8 Å². The van der Waals surface area contributed by atoms with E-state index in [0.29, 0.717) is 24.9 Å². The van der Waals surface area contributed by atoms with Gasteiger partial charge in [0.2, 0.25) is 5.91 Å². The molecule has 4 rings (SSSR count). The summed E-state index contributed by atoms with van der Waals surface area (Å²) in [7, 11) is 0. The maximum absolute atomic E-state index is 12.9. The quantitative estimate of drug-likeness (QED) is 0.695. The number of nitrogens with zero attached hydrogens (tertiary/aromatic N) is 3. The molecule has 1 atom stereocenters. The minimum Gasteiger partial charge on any atom is -0.336 e. The minimum atomic E-state index is -0.148. The van der Waals surface area contributed by atoms with E-state index in [1.807, 2.05) is 41.3 Å². The van der Waals surface area contributed by atoms with Gasteiger partial charge < -0.3 is 4.90 Å². The Labute approximate surface area is 155 Å². The van der Waals surface area contributed by atoms with Crippen molar-refractivity contribution in [3.05, 3.63) is 63.5 Å². The Bertz CT molecular complexity index is 993. The maximum Gasteiger partial charge on any atom is 0.262 e. The lowest BCUT2D eigenvalue weighted by atomic mass is 10.2. The highest BCUT2D eigenvalue weighted by Crippen LogP contribution is 2.26. The Morgan fingerprint density at radius 1 is 1.23 bits per heavy atom. The molecule has 3 heterocycles. The first-order valence-corrected chi connectivity index (χ1v) is 9.78. The molecule has 0 spiro atoms. The third-order valence-electron chi connectivity index (χ3n) is 4.83. The lowest BCUT2D eigenvalue weighted by molar-refractivity contribution is -0.128. The second-order valence-corrected chi connectivity index (χ2v) is 7.87. The van der Waals surface area contributed by atoms with E-state index in [1.54, 1.807) is 22.2 Å². The first-order chi connectivity index (χ1) is 12.7. The maximum atomic E-state index is 12.9. The van der Waals surface area contributed by atoms with Gasteiger partial charge in [0.25, 0.3) is 5.56 Å². The molecule has 1 amide bonds. The highest BCUT2D eigenvalue weighted by Gasteiger charge is 2.31. The molecule has 0 radical (unpaired) electrons. The van der Waals surface area contributed by atoms with E-state index in [2.05, 4.69) is 11.9 Å². The van der Waals surface area contributed by atoms with Crippen LogP contribution in [0.3, 0.4) is 0 Å². The number of carbonyl (C=O) groups excluding carboxylic acids is 1. The summed E-state index contributed by atoms with van der Waals surface area (Å²) in [6.07, 6.45) is 3.98. The predicted molar refractivity (Wildman–Crippen MR) is 103 cm³/mol. The SMILES string of the molecule is CCCc1cc2c(=O)n([C@H]3CC(=O)N(Cc4ccccc4)C3)cnc2s1. The fourth-order valence-corrected chi connectivity index (χ4v) is 4.60. The summed E-state index contributed by atoms with van der Waals surface area (Å²) in [6.45, 7) is 3.26. The summed E-state index contributed by atoms with van der Waals surface area (Å²) >= 11 is 1.59. The van der Waals surface area contributed by atoms with Gasteiger partial charge in [0.15, 0.2) is 0 Å². The average molecular weight is 367 g/mol. The van der Waals surface area contributed by atoms with E-state index in [9.17, 15) is 9.59 Å². The van der Waals surface area contributed by atoms with E-state index in [-0.39, 0.29) is 17.5 Å². The van der Waals surface area contributed by atoms with Crippen LogP contribution < -0.4 is 5.56 Å². The molecular formula is C20H21N3O2S. The lowest BCUT2D eigenvalue weighted by Gasteiger charge is -2.17. The monoisotopic (exact) mass is 367 g/mol. The van der Waals surface area contributed by atoms with Crippen molar-refractivity contribution in [3.8, 4) is 0 Å². The summed E-state index contributed by atoms with van der Waals surface area (Å²) in [5.74, 6) is 0.0860. The van der Waals surface area contributed by atoms with Crippen molar-refractivity contribution < 1.29 is 4.79 Å². The van der Waals surface area contributed by atoms with Crippen LogP contribution in [0.5, 0.6) is 0 Å². The molecule has 1 aromatic carbocycles. The Balaban J connectivity index is 1.59. The number of hydrogen-bond acceptors (Lipinski definition) is 4. The van der Waals surface area contributed by atoms with Gasteiger partial charge in [-0.1, -0.05) is 43.7 Å². The highest BCUT2D eigenvalue weighted by molar-refractivity contribution is 7.18. The number of fused-ring (bicyclic) bond motifs is 1. The van der Waals surface area contributed by atoms with Gasteiger partial charge in [-0.2, -0.15) is 0 Å². The minimum absolute atomic E-state index is 0.0343. The first-order valence-electron chi connectivity index (χ1n) is 8.97. The third kappa shape index (κ3) is 3.17. The number of aromatic nitrogens is 2. The van der Waals surface area contributed by atoms with Crippen LogP contribution in [-0.2, 0) is 17.8 Å². The van der Waals surface area contributed by atoms with Crippen molar-refractivity contribution in [2.75, 3.05) is 6.54 Å². The van der Waals surface area contributed by atoms with E-state index < -0.39 is 0 Å². The van der Waals surface area contributed by atoms with Crippen molar-refractivity contribution in [2.24, 2.45) is 0 Å². The molecule has 134 valence electrons. The second-order valence-electron chi connectivity index (χ2n) is 6.76. The molecule has 6 heteroatoms. The predicted octanol–water partition coefficient (Wildman–Crippen LogP) is 3.38. The van der Waals surface area contributed by atoms with Crippen LogP contribution in [0.25, 0.3) is 10.2 Å². The van der Waals surface area contributed by atoms with Gasteiger partial charge in [0.1, 0.15) is 4.83 Å². The van der Waals surface area contributed by atoms with Crippen LogP contribution in [0, 0.1) is 0 Å². The lowest BCUT2D eigenvalue weighted by Crippen LogP contribution is -2.28. The van der Waals surface area contributed by atoms with E-state index >= 15 is 0 Å². The van der Waals surface area contributed by atoms with Gasteiger partial charge in [-0.15, -0.1) is 11.3 Å². The Hall–Kier alpha value is -2.47. The van der Waals surface area contributed by atoms with Crippen LogP contribution >= 0.6 is 11.3 Å². The van der Waals surface area contributed by atoms with Gasteiger partial charge in [0.05, 0.1) is 17.8 Å². The molecule has 0 bridgehead atoms. The summed E-state index contributed by atoms with van der Waals surface area (Å²) in [5.41, 5.74) is 1.07. The number of thiophene rings is 1. The van der Waals surface area contributed by atoms with Crippen molar-refractivity contribution >= 4 is 27.5 Å². The standard InChI is InChI=1S/C20H21N3O2S/c1-2-6-16-10-17-19(26-16)21-13-23(20(17)25)15-9-18(24)22(12-15)11-14-7-4-3-5-8-14/h3-5,7-8,10,13,15H,2,6,9,11-12H2,1H3/t15-/m0/s1. The Morgan fingerprint density at radius 2 is 2.04 bits per heavy atom. The van der Waals surface area contributed by atoms with Crippen molar-refractivity contribution in [1.29, 1.82) is 0 Å². The number of rotatable bonds is 5. The van der Waals surface area contributed by atoms with Gasteiger partial charge >= 0.3 is 0 Å². The number of amides is 1. The van der Waals surface area contributed by atoms with Crippen molar-refractivity contribution in [1.82, 2.24) is 14.5 Å². The van der Waals surface area contributed by atoms with E-state index in [0.717, 1.165) is 23.2 Å². The summed E-state index contributed by atoms with van der Waals surface area (Å²) < 4.78 is 1.65. The molecule has 1 saturated heterocycles. The summed E-state index contributed by atoms with van der Waals surface area (Å²) in [5, 5.41) is 0.676. The van der Waals surface area contributed by atoms with Crippen LogP contribution in [-0.4, -0.2) is 26.9 Å². The highest BCUT2D eigenvalue weighted by atomic mass is 32.1. The molecule has 3 aromatic rings. The fourth-order valence-electron chi connectivity index (χ4n) is 3.51. The molecule has 1 aliphatic rings.